The van der Waals surface area contributed by atoms with E-state index in [9.17, 15) is 0 Å². The summed E-state index contributed by atoms with van der Waals surface area (Å²) in [4.78, 5) is 2.37. The Bertz CT molecular complexity index is 3900. The number of benzene rings is 11. The minimum Gasteiger partial charge on any atom is -0.456 e. The molecule has 13 rings (SSSR count). The molecule has 0 unspecified atom stereocenters. The fraction of sp³-hybridized carbons (Fsp3) is 0. The van der Waals surface area contributed by atoms with Gasteiger partial charge in [-0.3, -0.25) is 0 Å². The largest absolute Gasteiger partial charge is 0.456 e. The van der Waals surface area contributed by atoms with Gasteiger partial charge in [-0.2, -0.15) is 0 Å². The van der Waals surface area contributed by atoms with Crippen molar-refractivity contribution < 1.29 is 4.42 Å². The molecule has 0 aliphatic rings. The van der Waals surface area contributed by atoms with Crippen LogP contribution in [0.15, 0.2) is 259 Å². The van der Waals surface area contributed by atoms with Crippen LogP contribution in [0.3, 0.4) is 0 Å². The third kappa shape index (κ3) is 6.84. The van der Waals surface area contributed by atoms with Crippen molar-refractivity contribution in [3.8, 4) is 50.2 Å². The fourth-order valence-corrected chi connectivity index (χ4v) is 10.0. The van der Waals surface area contributed by atoms with Crippen molar-refractivity contribution in [3.05, 3.63) is 255 Å². The van der Waals surface area contributed by atoms with E-state index in [0.29, 0.717) is 0 Å². The number of rotatable bonds is 8. The van der Waals surface area contributed by atoms with Crippen molar-refractivity contribution in [2.24, 2.45) is 0 Å². The molecule has 13 aromatic rings. The number of nitrogens with zero attached hydrogens (tertiary/aromatic N) is 2. The first-order valence-corrected chi connectivity index (χ1v) is 22.9. The second-order valence-corrected chi connectivity index (χ2v) is 17.3. The molecule has 0 saturated heterocycles. The van der Waals surface area contributed by atoms with Gasteiger partial charge in [0.25, 0.3) is 0 Å². The van der Waals surface area contributed by atoms with Gasteiger partial charge in [0.05, 0.1) is 11.0 Å². The lowest BCUT2D eigenvalue weighted by molar-refractivity contribution is 0.669. The Hall–Kier alpha value is -8.92. The lowest BCUT2D eigenvalue weighted by Crippen LogP contribution is -2.10. The Labute approximate surface area is 388 Å². The standard InChI is InChI=1S/C64H42N2O/c1-2-11-50-40-51(29-28-43(50)10-1)48-24-20-44(21-25-48)46-30-35-53(36-31-46)65(55-12-9-13-56(42-55)66-61-17-6-3-14-57(61)58-15-4-7-18-62(58)66)54-37-32-47(33-38-54)45-22-26-49(27-23-45)52-34-39-60-59-16-5-8-19-63(59)67-64(60)41-52/h1-42H. The highest BCUT2D eigenvalue weighted by molar-refractivity contribution is 6.09. The molecule has 3 heteroatoms. The molecule has 0 amide bonds. The van der Waals surface area contributed by atoms with Gasteiger partial charge in [-0.1, -0.05) is 176 Å². The normalized spacial score (nSPS) is 11.6. The maximum absolute atomic E-state index is 6.21. The van der Waals surface area contributed by atoms with Gasteiger partial charge in [-0.25, -0.2) is 0 Å². The zero-order valence-corrected chi connectivity index (χ0v) is 36.6. The molecule has 0 aliphatic heterocycles. The summed E-state index contributed by atoms with van der Waals surface area (Å²) in [5.74, 6) is 0. The minimum absolute atomic E-state index is 0.907. The molecule has 0 bridgehead atoms. The van der Waals surface area contributed by atoms with Crippen LogP contribution < -0.4 is 4.90 Å². The number of furan rings is 1. The van der Waals surface area contributed by atoms with Gasteiger partial charge in [-0.15, -0.1) is 0 Å². The van der Waals surface area contributed by atoms with Crippen LogP contribution in [0.1, 0.15) is 0 Å². The summed E-state index contributed by atoms with van der Waals surface area (Å²) in [7, 11) is 0. The molecule has 0 aliphatic carbocycles. The van der Waals surface area contributed by atoms with Gasteiger partial charge in [0, 0.05) is 44.3 Å². The van der Waals surface area contributed by atoms with Crippen LogP contribution in [-0.4, -0.2) is 4.57 Å². The first-order valence-electron chi connectivity index (χ1n) is 22.9. The summed E-state index contributed by atoms with van der Waals surface area (Å²) in [6.45, 7) is 0. The van der Waals surface area contributed by atoms with Crippen molar-refractivity contribution in [1.82, 2.24) is 4.57 Å². The van der Waals surface area contributed by atoms with E-state index in [2.05, 4.69) is 252 Å². The first-order chi connectivity index (χ1) is 33.2. The Morgan fingerprint density at radius 1 is 0.269 bits per heavy atom. The molecule has 0 N–H and O–H groups in total. The van der Waals surface area contributed by atoms with Crippen molar-refractivity contribution in [1.29, 1.82) is 0 Å². The molecule has 314 valence electrons. The predicted octanol–water partition coefficient (Wildman–Crippen LogP) is 18.0. The lowest BCUT2D eigenvalue weighted by Gasteiger charge is -2.26. The quantitative estimate of drug-likeness (QED) is 0.152. The van der Waals surface area contributed by atoms with Gasteiger partial charge in [0.15, 0.2) is 0 Å². The second-order valence-electron chi connectivity index (χ2n) is 17.3. The maximum atomic E-state index is 6.21. The van der Waals surface area contributed by atoms with Gasteiger partial charge in [0.1, 0.15) is 11.2 Å². The molecule has 2 heterocycles. The van der Waals surface area contributed by atoms with Crippen LogP contribution >= 0.6 is 0 Å². The number of hydrogen-bond donors (Lipinski definition) is 0. The van der Waals surface area contributed by atoms with E-state index in [0.717, 1.165) is 66.9 Å². The van der Waals surface area contributed by atoms with Crippen LogP contribution in [0.2, 0.25) is 0 Å². The molecule has 67 heavy (non-hydrogen) atoms. The van der Waals surface area contributed by atoms with E-state index in [1.807, 2.05) is 12.1 Å². The van der Waals surface area contributed by atoms with E-state index in [1.54, 1.807) is 0 Å². The third-order valence-electron chi connectivity index (χ3n) is 13.4. The zero-order chi connectivity index (χ0) is 44.3. The number of anilines is 3. The smallest absolute Gasteiger partial charge is 0.136 e. The van der Waals surface area contributed by atoms with Crippen molar-refractivity contribution in [3.63, 3.8) is 0 Å². The van der Waals surface area contributed by atoms with Crippen molar-refractivity contribution in [2.45, 2.75) is 0 Å². The fourth-order valence-electron chi connectivity index (χ4n) is 10.0. The van der Waals surface area contributed by atoms with Gasteiger partial charge >= 0.3 is 0 Å². The number of fused-ring (bicyclic) bond motifs is 7. The second kappa shape index (κ2) is 16.0. The van der Waals surface area contributed by atoms with Crippen LogP contribution in [-0.2, 0) is 0 Å². The van der Waals surface area contributed by atoms with Gasteiger partial charge in [0.2, 0.25) is 0 Å². The highest BCUT2D eigenvalue weighted by atomic mass is 16.3. The molecule has 0 spiro atoms. The predicted molar refractivity (Wildman–Crippen MR) is 282 cm³/mol. The SMILES string of the molecule is c1cc(N(c2ccc(-c3ccc(-c4ccc5ccccc5c4)cc3)cc2)c2ccc(-c3ccc(-c4ccc5c(c4)oc4ccccc45)cc3)cc2)cc(-n2c3ccccc3c3ccccc32)c1. The third-order valence-corrected chi connectivity index (χ3v) is 13.4. The van der Waals surface area contributed by atoms with Crippen molar-refractivity contribution >= 4 is 71.6 Å². The average Bonchev–Trinajstić information content (AvgIpc) is 3.95. The average molecular weight is 855 g/mol. The van der Waals surface area contributed by atoms with E-state index >= 15 is 0 Å². The zero-order valence-electron chi connectivity index (χ0n) is 36.6. The van der Waals surface area contributed by atoms with Crippen molar-refractivity contribution in [2.75, 3.05) is 4.90 Å². The summed E-state index contributed by atoms with van der Waals surface area (Å²) >= 11 is 0. The molecular formula is C64H42N2O. The number of para-hydroxylation sites is 3. The molecule has 0 fully saturated rings. The molecule has 3 nitrogen and oxygen atoms in total. The molecule has 0 atom stereocenters. The van der Waals surface area contributed by atoms with Crippen LogP contribution in [0.4, 0.5) is 17.1 Å². The van der Waals surface area contributed by atoms with Crippen LogP contribution in [0, 0.1) is 0 Å². The summed E-state index contributed by atoms with van der Waals surface area (Å²) in [5, 5.41) is 7.29. The van der Waals surface area contributed by atoms with Crippen LogP contribution in [0.25, 0.3) is 105 Å². The Morgan fingerprint density at radius 3 is 1.33 bits per heavy atom. The molecule has 11 aromatic carbocycles. The molecule has 0 radical (unpaired) electrons. The Morgan fingerprint density at radius 2 is 0.716 bits per heavy atom. The summed E-state index contributed by atoms with van der Waals surface area (Å²) in [6, 6.07) is 92.0. The van der Waals surface area contributed by atoms with E-state index in [4.69, 9.17) is 4.42 Å². The van der Waals surface area contributed by atoms with Gasteiger partial charge in [-0.05, 0) is 134 Å². The Kier molecular flexibility index (Phi) is 9.17. The monoisotopic (exact) mass is 854 g/mol. The lowest BCUT2D eigenvalue weighted by atomic mass is 9.98. The summed E-state index contributed by atoms with van der Waals surface area (Å²) in [6.07, 6.45) is 0. The van der Waals surface area contributed by atoms with E-state index in [-0.39, 0.29) is 0 Å². The maximum Gasteiger partial charge on any atom is 0.136 e. The Balaban J connectivity index is 0.845. The topological polar surface area (TPSA) is 21.3 Å². The highest BCUT2D eigenvalue weighted by Gasteiger charge is 2.17. The van der Waals surface area contributed by atoms with E-state index < -0.39 is 0 Å². The number of aromatic nitrogens is 1. The summed E-state index contributed by atoms with van der Waals surface area (Å²) in [5.41, 5.74) is 17.9. The summed E-state index contributed by atoms with van der Waals surface area (Å²) < 4.78 is 8.60. The number of hydrogen-bond acceptors (Lipinski definition) is 2. The molecule has 2 aromatic heterocycles. The minimum atomic E-state index is 0.907. The van der Waals surface area contributed by atoms with Crippen LogP contribution in [0.5, 0.6) is 0 Å². The van der Waals surface area contributed by atoms with E-state index in [1.165, 1.54) is 54.8 Å². The highest BCUT2D eigenvalue weighted by Crippen LogP contribution is 2.40. The molecular weight excluding hydrogens is 813 g/mol. The van der Waals surface area contributed by atoms with Gasteiger partial charge < -0.3 is 13.9 Å². The first kappa shape index (κ1) is 38.5. The molecule has 0 saturated carbocycles.